The Morgan fingerprint density at radius 2 is 2.07 bits per heavy atom. The van der Waals surface area contributed by atoms with Crippen molar-refractivity contribution in [1.29, 1.82) is 0 Å². The molecule has 1 aromatic carbocycles. The molecule has 3 unspecified atom stereocenters. The number of aromatic nitrogens is 4. The predicted molar refractivity (Wildman–Crippen MR) is 109 cm³/mol. The number of anilines is 1. The van der Waals surface area contributed by atoms with Crippen LogP contribution in [0, 0.1) is 0 Å². The van der Waals surface area contributed by atoms with E-state index in [2.05, 4.69) is 27.1 Å². The molecule has 8 heteroatoms. The highest BCUT2D eigenvalue weighted by Crippen LogP contribution is 2.43. The number of rotatable bonds is 5. The maximum Gasteiger partial charge on any atom is 0.133 e. The summed E-state index contributed by atoms with van der Waals surface area (Å²) in [5.41, 5.74) is 2.31. The monoisotopic (exact) mass is 395 g/mol. The van der Waals surface area contributed by atoms with Gasteiger partial charge in [0.15, 0.2) is 0 Å². The number of nitrogens with zero attached hydrogens (tertiary/aromatic N) is 4. The minimum atomic E-state index is -0.798. The lowest BCUT2D eigenvalue weighted by atomic mass is 10.1. The molecule has 3 atom stereocenters. The van der Waals surface area contributed by atoms with Gasteiger partial charge in [-0.25, -0.2) is 9.97 Å². The number of aliphatic hydroxyl groups excluding tert-OH is 2. The quantitative estimate of drug-likeness (QED) is 0.608. The van der Waals surface area contributed by atoms with Gasteiger partial charge in [-0.3, -0.25) is 5.10 Å². The van der Waals surface area contributed by atoms with Crippen molar-refractivity contribution in [3.8, 4) is 17.1 Å². The second-order valence-electron chi connectivity index (χ2n) is 8.13. The van der Waals surface area contributed by atoms with Crippen LogP contribution in [0.4, 0.5) is 5.82 Å². The molecule has 1 saturated carbocycles. The van der Waals surface area contributed by atoms with Crippen LogP contribution in [-0.4, -0.2) is 60.8 Å². The Balaban J connectivity index is 1.49. The molecule has 29 heavy (non-hydrogen) atoms. The molecular weight excluding hydrogens is 370 g/mol. The topological polar surface area (TPSA) is 107 Å². The van der Waals surface area contributed by atoms with Gasteiger partial charge in [-0.05, 0) is 44.4 Å². The van der Waals surface area contributed by atoms with Gasteiger partial charge in [-0.15, -0.1) is 0 Å². The molecule has 1 aliphatic carbocycles. The Morgan fingerprint density at radius 1 is 1.24 bits per heavy atom. The van der Waals surface area contributed by atoms with E-state index in [-0.39, 0.29) is 11.6 Å². The van der Waals surface area contributed by atoms with Gasteiger partial charge in [0.1, 0.15) is 35.3 Å². The van der Waals surface area contributed by atoms with Crippen LogP contribution in [0.2, 0.25) is 0 Å². The third-order valence-electron chi connectivity index (χ3n) is 6.27. The molecule has 3 N–H and O–H groups in total. The maximum absolute atomic E-state index is 10.1. The summed E-state index contributed by atoms with van der Waals surface area (Å²) >= 11 is 0. The molecule has 0 radical (unpaired) electrons. The highest BCUT2D eigenvalue weighted by molar-refractivity contribution is 5.93. The predicted octanol–water partition coefficient (Wildman–Crippen LogP) is 2.27. The Kier molecular flexibility index (Phi) is 4.22. The summed E-state index contributed by atoms with van der Waals surface area (Å²) in [5, 5.41) is 28.5. The fraction of sp³-hybridized carbons (Fsp3) is 0.476. The first-order valence-electron chi connectivity index (χ1n) is 10.1. The molecule has 3 heterocycles. The summed E-state index contributed by atoms with van der Waals surface area (Å²) in [6.07, 6.45) is 3.10. The summed E-state index contributed by atoms with van der Waals surface area (Å²) in [6, 6.07) is 7.58. The van der Waals surface area contributed by atoms with E-state index in [4.69, 9.17) is 4.74 Å². The van der Waals surface area contributed by atoms with Gasteiger partial charge in [-0.1, -0.05) is 6.92 Å². The van der Waals surface area contributed by atoms with Crippen LogP contribution in [0.1, 0.15) is 33.1 Å². The zero-order chi connectivity index (χ0) is 20.2. The summed E-state index contributed by atoms with van der Waals surface area (Å²) < 4.78 is 6.23. The highest BCUT2D eigenvalue weighted by Gasteiger charge is 2.43. The molecule has 2 aliphatic rings. The van der Waals surface area contributed by atoms with Crippen molar-refractivity contribution in [2.45, 2.75) is 57.0 Å². The number of fused-ring (bicyclic) bond motifs is 1. The number of aromatic amines is 1. The van der Waals surface area contributed by atoms with Crippen molar-refractivity contribution < 1.29 is 14.9 Å². The Labute approximate surface area is 168 Å². The van der Waals surface area contributed by atoms with Crippen molar-refractivity contribution in [3.05, 3.63) is 30.6 Å². The number of nitrogens with one attached hydrogen (secondary N) is 1. The Morgan fingerprint density at radius 3 is 2.76 bits per heavy atom. The van der Waals surface area contributed by atoms with Crippen molar-refractivity contribution in [3.63, 3.8) is 0 Å². The van der Waals surface area contributed by atoms with Crippen molar-refractivity contribution in [2.24, 2.45) is 0 Å². The molecule has 5 rings (SSSR count). The van der Waals surface area contributed by atoms with Crippen LogP contribution in [0.5, 0.6) is 5.75 Å². The first-order chi connectivity index (χ1) is 14.0. The minimum Gasteiger partial charge on any atom is -0.487 e. The van der Waals surface area contributed by atoms with Gasteiger partial charge in [0.05, 0.1) is 23.4 Å². The van der Waals surface area contributed by atoms with Gasteiger partial charge in [0, 0.05) is 18.0 Å². The van der Waals surface area contributed by atoms with Crippen LogP contribution in [0.25, 0.3) is 22.3 Å². The fourth-order valence-electron chi connectivity index (χ4n) is 4.09. The van der Waals surface area contributed by atoms with E-state index >= 15 is 0 Å². The van der Waals surface area contributed by atoms with Gasteiger partial charge in [0.25, 0.3) is 0 Å². The second kappa shape index (κ2) is 6.67. The molecule has 1 aliphatic heterocycles. The average molecular weight is 395 g/mol. The number of aliphatic hydroxyl groups is 2. The molecule has 2 aromatic heterocycles. The first-order valence-corrected chi connectivity index (χ1v) is 10.1. The van der Waals surface area contributed by atoms with Crippen LogP contribution in [-0.2, 0) is 0 Å². The van der Waals surface area contributed by atoms with E-state index in [1.165, 1.54) is 6.33 Å². The maximum atomic E-state index is 10.1. The third-order valence-corrected chi connectivity index (χ3v) is 6.27. The summed E-state index contributed by atoms with van der Waals surface area (Å²) in [6.45, 7) is 4.36. The van der Waals surface area contributed by atoms with Gasteiger partial charge in [-0.2, -0.15) is 5.10 Å². The molecule has 2 fully saturated rings. The zero-order valence-electron chi connectivity index (χ0n) is 16.5. The zero-order valence-corrected chi connectivity index (χ0v) is 16.5. The van der Waals surface area contributed by atoms with E-state index in [9.17, 15) is 10.2 Å². The summed E-state index contributed by atoms with van der Waals surface area (Å²) in [4.78, 5) is 10.6. The molecule has 8 nitrogen and oxygen atoms in total. The molecular formula is C21H25N5O3. The van der Waals surface area contributed by atoms with E-state index in [1.807, 2.05) is 36.1 Å². The summed E-state index contributed by atoms with van der Waals surface area (Å²) in [5.74, 6) is 1.50. The number of β-amino-alcohol motifs (C(OH)–C–C–N with tert-alkyl or cyclic N) is 1. The molecule has 0 spiro atoms. The van der Waals surface area contributed by atoms with Gasteiger partial charge in [0.2, 0.25) is 0 Å². The van der Waals surface area contributed by atoms with Crippen LogP contribution < -0.4 is 9.64 Å². The number of ether oxygens (including phenoxy) is 1. The highest BCUT2D eigenvalue weighted by atomic mass is 16.5. The van der Waals surface area contributed by atoms with E-state index in [1.54, 1.807) is 0 Å². The lowest BCUT2D eigenvalue weighted by molar-refractivity contribution is 0.0438. The number of benzene rings is 1. The van der Waals surface area contributed by atoms with E-state index in [0.717, 1.165) is 41.6 Å². The molecule has 0 amide bonds. The van der Waals surface area contributed by atoms with Crippen LogP contribution in [0.3, 0.4) is 0 Å². The van der Waals surface area contributed by atoms with Crippen molar-refractivity contribution >= 4 is 16.7 Å². The van der Waals surface area contributed by atoms with E-state index in [0.29, 0.717) is 18.1 Å². The van der Waals surface area contributed by atoms with Gasteiger partial charge >= 0.3 is 0 Å². The fourth-order valence-corrected chi connectivity index (χ4v) is 4.09. The number of H-pyrrole nitrogens is 1. The molecule has 1 saturated heterocycles. The van der Waals surface area contributed by atoms with Crippen LogP contribution >= 0.6 is 0 Å². The number of hydrogen-bond donors (Lipinski definition) is 3. The normalized spacial score (nSPS) is 25.5. The molecule has 0 bridgehead atoms. The lowest BCUT2D eigenvalue weighted by Crippen LogP contribution is -2.33. The SMILES string of the molecule is CCC1(Oc2ccc3[nH]nc(-c4cc(N5CC(O)C(O)C5C)ncn4)c3c2)CC1. The number of hydrogen-bond acceptors (Lipinski definition) is 7. The standard InChI is InChI=1S/C21H25N5O3/c1-3-21(6-7-21)29-13-4-5-15-14(8-13)19(25-24-15)16-9-18(23-11-22-16)26-10-17(27)20(28)12(26)2/h4-5,8-9,11-12,17,20,27-28H,3,6-7,10H2,1-2H3,(H,24,25). The van der Waals surface area contributed by atoms with Crippen LogP contribution in [0.15, 0.2) is 30.6 Å². The Bertz CT molecular complexity index is 1050. The Hall–Kier alpha value is -2.71. The second-order valence-corrected chi connectivity index (χ2v) is 8.13. The average Bonchev–Trinajstić information content (AvgIpc) is 3.31. The molecule has 3 aromatic rings. The smallest absolute Gasteiger partial charge is 0.133 e. The first kappa shape index (κ1) is 18.3. The van der Waals surface area contributed by atoms with Gasteiger partial charge < -0.3 is 19.8 Å². The largest absolute Gasteiger partial charge is 0.487 e. The minimum absolute atomic E-state index is 0.00672. The van der Waals surface area contributed by atoms with Crippen molar-refractivity contribution in [2.75, 3.05) is 11.4 Å². The third kappa shape index (κ3) is 3.12. The summed E-state index contributed by atoms with van der Waals surface area (Å²) in [7, 11) is 0. The molecule has 152 valence electrons. The van der Waals surface area contributed by atoms with E-state index < -0.39 is 12.2 Å². The lowest BCUT2D eigenvalue weighted by Gasteiger charge is -2.23. The van der Waals surface area contributed by atoms with Crippen molar-refractivity contribution in [1.82, 2.24) is 20.2 Å².